The standard InChI is InChI=1S/C30H36FNO3.H2/c1-17-13-20(7-10-25(17)21-5-4-6-23(31)14-21)8-11-27-26-12-9-24(32-19(3)33)15-22(26)16-28-29(27)18(2)35-30(28)34;/h4-8,10-11,14,17-18,22,24,26-29H,9,12-13,15-16H2,1-3H3,(H,32,33);1H/b11-8+;/t17?,18-,22+,24-,26-,27-,28-,29-;/m0./s1. The van der Waals surface area contributed by atoms with E-state index in [1.54, 1.807) is 19.1 Å². The van der Waals surface area contributed by atoms with E-state index in [9.17, 15) is 14.0 Å². The van der Waals surface area contributed by atoms with Gasteiger partial charge in [0.1, 0.15) is 11.9 Å². The summed E-state index contributed by atoms with van der Waals surface area (Å²) < 4.78 is 19.5. The lowest BCUT2D eigenvalue weighted by atomic mass is 9.56. The summed E-state index contributed by atoms with van der Waals surface area (Å²) in [6.07, 6.45) is 13.6. The second kappa shape index (κ2) is 9.75. The van der Waals surface area contributed by atoms with E-state index in [1.807, 2.05) is 13.0 Å². The van der Waals surface area contributed by atoms with Gasteiger partial charge >= 0.3 is 5.97 Å². The second-order valence-electron chi connectivity index (χ2n) is 11.1. The molecule has 0 aromatic heterocycles. The number of fused-ring (bicyclic) bond motifs is 2. The first-order chi connectivity index (χ1) is 16.8. The molecule has 1 aromatic rings. The van der Waals surface area contributed by atoms with Crippen LogP contribution in [-0.2, 0) is 14.3 Å². The van der Waals surface area contributed by atoms with Gasteiger partial charge < -0.3 is 10.1 Å². The number of cyclic esters (lactones) is 1. The number of esters is 1. The van der Waals surface area contributed by atoms with Crippen LogP contribution in [0.25, 0.3) is 5.57 Å². The average molecular weight is 480 g/mol. The lowest BCUT2D eigenvalue weighted by Crippen LogP contribution is -2.48. The molecule has 0 bridgehead atoms. The summed E-state index contributed by atoms with van der Waals surface area (Å²) in [6.45, 7) is 5.82. The molecule has 1 N–H and O–H groups in total. The fourth-order valence-corrected chi connectivity index (χ4v) is 7.33. The van der Waals surface area contributed by atoms with Gasteiger partial charge in [0.05, 0.1) is 5.92 Å². The summed E-state index contributed by atoms with van der Waals surface area (Å²) in [5.74, 6) is 1.48. The molecule has 1 aliphatic heterocycles. The van der Waals surface area contributed by atoms with Gasteiger partial charge in [-0.2, -0.15) is 0 Å². The first-order valence-corrected chi connectivity index (χ1v) is 13.1. The van der Waals surface area contributed by atoms with Crippen LogP contribution in [0.2, 0.25) is 0 Å². The largest absolute Gasteiger partial charge is 0.462 e. The number of hydrogen-bond donors (Lipinski definition) is 1. The van der Waals surface area contributed by atoms with Crippen LogP contribution in [0, 0.1) is 41.3 Å². The van der Waals surface area contributed by atoms with Crippen LogP contribution in [0.5, 0.6) is 0 Å². The Hall–Kier alpha value is -2.69. The molecular weight excluding hydrogens is 441 g/mol. The number of hydrogen-bond acceptors (Lipinski definition) is 3. The summed E-state index contributed by atoms with van der Waals surface area (Å²) in [4.78, 5) is 24.3. The number of rotatable bonds is 4. The fourth-order valence-electron chi connectivity index (χ4n) is 7.33. The van der Waals surface area contributed by atoms with Crippen molar-refractivity contribution >= 4 is 17.4 Å². The van der Waals surface area contributed by atoms with Crippen molar-refractivity contribution in [2.75, 3.05) is 0 Å². The maximum Gasteiger partial charge on any atom is 0.309 e. The number of carbonyl (C=O) groups is 2. The number of allylic oxidation sites excluding steroid dienone is 6. The van der Waals surface area contributed by atoms with Gasteiger partial charge in [-0.15, -0.1) is 0 Å². The smallest absolute Gasteiger partial charge is 0.309 e. The molecule has 1 amide bonds. The van der Waals surface area contributed by atoms with Gasteiger partial charge in [0.15, 0.2) is 0 Å². The SMILES string of the molecule is CC(=O)N[C@H]1CC[C@H]2[C@H](C1)C[C@@H]1C(=O)O[C@@H](C)[C@H]1[C@H]2/C=C/C1=CC=C(c2cccc(F)c2)C(C)C1.[HH]. The third-order valence-corrected chi connectivity index (χ3v) is 8.80. The van der Waals surface area contributed by atoms with E-state index in [-0.39, 0.29) is 43.1 Å². The molecule has 4 aliphatic rings. The predicted molar refractivity (Wildman–Crippen MR) is 137 cm³/mol. The first-order valence-electron chi connectivity index (χ1n) is 13.1. The van der Waals surface area contributed by atoms with Crippen LogP contribution >= 0.6 is 0 Å². The molecule has 4 nitrogen and oxygen atoms in total. The van der Waals surface area contributed by atoms with E-state index in [0.717, 1.165) is 37.7 Å². The average Bonchev–Trinajstić information content (AvgIpc) is 3.09. The Balaban J connectivity index is 0.00000304. The Kier molecular flexibility index (Phi) is 6.69. The summed E-state index contributed by atoms with van der Waals surface area (Å²) in [5, 5.41) is 3.11. The molecule has 0 spiro atoms. The van der Waals surface area contributed by atoms with Crippen molar-refractivity contribution in [1.82, 2.24) is 5.32 Å². The number of ether oxygens (including phenoxy) is 1. The monoisotopic (exact) mass is 479 g/mol. The molecule has 188 valence electrons. The molecule has 1 unspecified atom stereocenters. The predicted octanol–water partition coefficient (Wildman–Crippen LogP) is 6.10. The van der Waals surface area contributed by atoms with E-state index in [2.05, 4.69) is 36.5 Å². The van der Waals surface area contributed by atoms with E-state index in [4.69, 9.17) is 4.74 Å². The molecule has 3 aliphatic carbocycles. The Morgan fingerprint density at radius 2 is 2.03 bits per heavy atom. The van der Waals surface area contributed by atoms with Gasteiger partial charge in [0, 0.05) is 20.3 Å². The minimum atomic E-state index is -0.206. The summed E-state index contributed by atoms with van der Waals surface area (Å²) in [5.41, 5.74) is 3.38. The Labute approximate surface area is 209 Å². The van der Waals surface area contributed by atoms with Crippen LogP contribution in [-0.4, -0.2) is 24.0 Å². The highest BCUT2D eigenvalue weighted by Gasteiger charge is 2.54. The van der Waals surface area contributed by atoms with Crippen molar-refractivity contribution in [2.24, 2.45) is 35.5 Å². The molecule has 5 heteroatoms. The van der Waals surface area contributed by atoms with Crippen molar-refractivity contribution in [3.05, 3.63) is 65.5 Å². The quantitative estimate of drug-likeness (QED) is 0.531. The lowest BCUT2D eigenvalue weighted by molar-refractivity contribution is -0.144. The maximum atomic E-state index is 13.7. The number of nitrogens with one attached hydrogen (secondary N) is 1. The Morgan fingerprint density at radius 3 is 2.77 bits per heavy atom. The molecule has 8 atom stereocenters. The number of carbonyl (C=O) groups excluding carboxylic acids is 2. The summed E-state index contributed by atoms with van der Waals surface area (Å²) >= 11 is 0. The van der Waals surface area contributed by atoms with Crippen molar-refractivity contribution in [3.63, 3.8) is 0 Å². The van der Waals surface area contributed by atoms with Crippen LogP contribution < -0.4 is 5.32 Å². The molecule has 3 fully saturated rings. The highest BCUT2D eigenvalue weighted by Crippen LogP contribution is 2.53. The van der Waals surface area contributed by atoms with Gasteiger partial charge in [0.25, 0.3) is 0 Å². The minimum absolute atomic E-state index is 0. The Bertz CT molecular complexity index is 1100. The number of halogens is 1. The zero-order chi connectivity index (χ0) is 24.7. The molecule has 1 heterocycles. The zero-order valence-electron chi connectivity index (χ0n) is 20.9. The maximum absolute atomic E-state index is 13.7. The highest BCUT2D eigenvalue weighted by atomic mass is 19.1. The summed E-state index contributed by atoms with van der Waals surface area (Å²) in [7, 11) is 0. The van der Waals surface area contributed by atoms with Crippen molar-refractivity contribution in [1.29, 1.82) is 0 Å². The van der Waals surface area contributed by atoms with Gasteiger partial charge in [-0.1, -0.05) is 43.4 Å². The fraction of sp³-hybridized carbons (Fsp3) is 0.533. The van der Waals surface area contributed by atoms with Crippen molar-refractivity contribution in [2.45, 2.75) is 65.0 Å². The first kappa shape index (κ1) is 24.0. The van der Waals surface area contributed by atoms with Crippen LogP contribution in [0.15, 0.2) is 54.1 Å². The van der Waals surface area contributed by atoms with Crippen LogP contribution in [0.4, 0.5) is 4.39 Å². The molecule has 35 heavy (non-hydrogen) atoms. The highest BCUT2D eigenvalue weighted by molar-refractivity contribution is 5.76. The van der Waals surface area contributed by atoms with Crippen LogP contribution in [0.1, 0.15) is 59.9 Å². The minimum Gasteiger partial charge on any atom is -0.462 e. The summed E-state index contributed by atoms with van der Waals surface area (Å²) in [6, 6.07) is 7.03. The lowest BCUT2D eigenvalue weighted by Gasteiger charge is -2.47. The molecule has 1 aromatic carbocycles. The van der Waals surface area contributed by atoms with Gasteiger partial charge in [-0.25, -0.2) is 4.39 Å². The Morgan fingerprint density at radius 1 is 1.20 bits per heavy atom. The molecule has 1 saturated heterocycles. The van der Waals surface area contributed by atoms with Gasteiger partial charge in [-0.3, -0.25) is 9.59 Å². The molecule has 2 saturated carbocycles. The molecule has 5 rings (SSSR count). The number of benzene rings is 1. The molecular formula is C30H38FNO3. The van der Waals surface area contributed by atoms with Crippen molar-refractivity contribution < 1.29 is 20.1 Å². The van der Waals surface area contributed by atoms with E-state index >= 15 is 0 Å². The van der Waals surface area contributed by atoms with E-state index < -0.39 is 0 Å². The van der Waals surface area contributed by atoms with Gasteiger partial charge in [-0.05, 0) is 91.5 Å². The third-order valence-electron chi connectivity index (χ3n) is 8.80. The molecule has 0 radical (unpaired) electrons. The van der Waals surface area contributed by atoms with E-state index in [0.29, 0.717) is 23.7 Å². The van der Waals surface area contributed by atoms with Crippen molar-refractivity contribution in [3.8, 4) is 0 Å². The number of amides is 1. The normalized spacial score (nSPS) is 36.6. The van der Waals surface area contributed by atoms with Crippen LogP contribution in [0.3, 0.4) is 0 Å². The third kappa shape index (κ3) is 4.87. The van der Waals surface area contributed by atoms with E-state index in [1.165, 1.54) is 17.2 Å². The second-order valence-corrected chi connectivity index (χ2v) is 11.1. The van der Waals surface area contributed by atoms with Gasteiger partial charge in [0.2, 0.25) is 5.91 Å². The zero-order valence-corrected chi connectivity index (χ0v) is 20.9. The topological polar surface area (TPSA) is 55.4 Å².